The lowest BCUT2D eigenvalue weighted by Crippen LogP contribution is -2.26. The molecule has 0 saturated heterocycles. The quantitative estimate of drug-likeness (QED) is 0.153. The van der Waals surface area contributed by atoms with Gasteiger partial charge in [-0.3, -0.25) is 9.97 Å². The van der Waals surface area contributed by atoms with E-state index < -0.39 is 0 Å². The zero-order chi connectivity index (χ0) is 39.8. The van der Waals surface area contributed by atoms with Gasteiger partial charge in [-0.1, -0.05) is 164 Å². The number of rotatable bonds is 8. The van der Waals surface area contributed by atoms with Gasteiger partial charge in [0.1, 0.15) is 13.3 Å². The maximum atomic E-state index is 4.67. The lowest BCUT2D eigenvalue weighted by atomic mass is 9.95. The zero-order valence-electron chi connectivity index (χ0n) is 32.9. The van der Waals surface area contributed by atoms with E-state index in [2.05, 4.69) is 224 Å². The van der Waals surface area contributed by atoms with Gasteiger partial charge in [-0.25, -0.2) is 0 Å². The molecule has 0 atom stereocenters. The van der Waals surface area contributed by atoms with Gasteiger partial charge in [-0.2, -0.15) is 0 Å². The first-order valence-electron chi connectivity index (χ1n) is 20.4. The van der Waals surface area contributed by atoms with Crippen LogP contribution < -0.4 is 19.6 Å². The molecule has 2 aliphatic heterocycles. The number of para-hydroxylation sites is 2. The van der Waals surface area contributed by atoms with Gasteiger partial charge in [0.15, 0.2) is 0 Å². The summed E-state index contributed by atoms with van der Waals surface area (Å²) in [6.07, 6.45) is 7.80. The molecule has 2 aliphatic rings. The maximum absolute atomic E-state index is 4.67. The van der Waals surface area contributed by atoms with E-state index in [0.717, 1.165) is 34.1 Å². The van der Waals surface area contributed by atoms with Crippen LogP contribution in [0.4, 0.5) is 45.5 Å². The van der Waals surface area contributed by atoms with E-state index in [1.807, 2.05) is 24.8 Å². The lowest BCUT2D eigenvalue weighted by Gasteiger charge is -2.28. The van der Waals surface area contributed by atoms with E-state index in [1.54, 1.807) is 0 Å². The van der Waals surface area contributed by atoms with Crippen molar-refractivity contribution in [2.24, 2.45) is 0 Å². The highest BCUT2D eigenvalue weighted by molar-refractivity contribution is 6.00. The van der Waals surface area contributed by atoms with E-state index in [1.165, 1.54) is 55.9 Å². The third-order valence-electron chi connectivity index (χ3n) is 11.7. The van der Waals surface area contributed by atoms with Crippen LogP contribution in [0.1, 0.15) is 0 Å². The number of anilines is 8. The largest absolute Gasteiger partial charge is 0.320 e. The van der Waals surface area contributed by atoms with Gasteiger partial charge in [0.25, 0.3) is 0 Å². The van der Waals surface area contributed by atoms with Crippen LogP contribution >= 0.6 is 0 Å². The highest BCUT2D eigenvalue weighted by Gasteiger charge is 2.34. The molecule has 0 bridgehead atoms. The van der Waals surface area contributed by atoms with Crippen LogP contribution in [0, 0.1) is 0 Å². The molecular weight excluding hydrogens is 733 g/mol. The summed E-state index contributed by atoms with van der Waals surface area (Å²) in [5.74, 6) is 0. The van der Waals surface area contributed by atoms with Crippen LogP contribution in [0.25, 0.3) is 44.5 Å². The fourth-order valence-electron chi connectivity index (χ4n) is 8.94. The van der Waals surface area contributed by atoms with E-state index >= 15 is 0 Å². The van der Waals surface area contributed by atoms with E-state index in [0.29, 0.717) is 13.3 Å². The predicted octanol–water partition coefficient (Wildman–Crippen LogP) is 13.6. The average Bonchev–Trinajstić information content (AvgIpc) is 3.92. The molecule has 0 fully saturated rings. The first-order valence-corrected chi connectivity index (χ1v) is 20.4. The fourth-order valence-corrected chi connectivity index (χ4v) is 8.94. The number of fused-ring (bicyclic) bond motifs is 2. The molecule has 0 saturated carbocycles. The Labute approximate surface area is 350 Å². The van der Waals surface area contributed by atoms with Crippen LogP contribution in [0.5, 0.6) is 0 Å². The molecule has 4 heterocycles. The highest BCUT2D eigenvalue weighted by Crippen LogP contribution is 2.52. The second-order valence-electron chi connectivity index (χ2n) is 15.1. The van der Waals surface area contributed by atoms with E-state index in [-0.39, 0.29) is 0 Å². The molecular formula is C54H40N6. The molecule has 11 rings (SSSR count). The van der Waals surface area contributed by atoms with Crippen molar-refractivity contribution < 1.29 is 0 Å². The average molecular weight is 773 g/mol. The van der Waals surface area contributed by atoms with Crippen molar-refractivity contribution >= 4 is 45.5 Å². The molecule has 0 aliphatic carbocycles. The van der Waals surface area contributed by atoms with Crippen molar-refractivity contribution in [3.8, 4) is 44.5 Å². The monoisotopic (exact) mass is 772 g/mol. The summed E-state index contributed by atoms with van der Waals surface area (Å²) in [4.78, 5) is 19.0. The number of aromatic nitrogens is 2. The van der Waals surface area contributed by atoms with Crippen molar-refractivity contribution in [2.45, 2.75) is 0 Å². The summed E-state index contributed by atoms with van der Waals surface area (Å²) in [6, 6.07) is 69.3. The Morgan fingerprint density at radius 3 is 0.983 bits per heavy atom. The zero-order valence-corrected chi connectivity index (χ0v) is 32.9. The first-order chi connectivity index (χ1) is 29.8. The number of pyridine rings is 2. The lowest BCUT2D eigenvalue weighted by molar-refractivity contribution is 0.978. The molecule has 7 aromatic carbocycles. The van der Waals surface area contributed by atoms with Gasteiger partial charge >= 0.3 is 0 Å². The number of hydrogen-bond donors (Lipinski definition) is 0. The third kappa shape index (κ3) is 6.14. The Kier molecular flexibility index (Phi) is 8.86. The molecule has 0 amide bonds. The Bertz CT molecular complexity index is 2640. The van der Waals surface area contributed by atoms with Crippen LogP contribution in [0.3, 0.4) is 0 Å². The molecule has 60 heavy (non-hydrogen) atoms. The van der Waals surface area contributed by atoms with Crippen molar-refractivity contribution in [2.75, 3.05) is 32.9 Å². The number of benzene rings is 7. The minimum Gasteiger partial charge on any atom is -0.320 e. The Hall–Kier alpha value is -7.96. The topological polar surface area (TPSA) is 38.7 Å². The SMILES string of the molecule is c1ccc(-c2cccc(-c3ccccc3)c2N2CN(c3cccc(N4CN(c5c(-c6ccccc6)cccc5-c5ccccc5)c5ccncc54)c3)c3cnccc32)cc1. The molecule has 9 aromatic rings. The highest BCUT2D eigenvalue weighted by atomic mass is 15.4. The van der Waals surface area contributed by atoms with Gasteiger partial charge in [-0.05, 0) is 52.6 Å². The molecule has 0 unspecified atom stereocenters. The van der Waals surface area contributed by atoms with Crippen molar-refractivity contribution in [3.63, 3.8) is 0 Å². The molecule has 2 aromatic heterocycles. The summed E-state index contributed by atoms with van der Waals surface area (Å²) in [5, 5.41) is 0. The molecule has 6 heteroatoms. The number of hydrogen-bond acceptors (Lipinski definition) is 6. The van der Waals surface area contributed by atoms with Crippen molar-refractivity contribution in [1.82, 2.24) is 9.97 Å². The standard InChI is InChI=1S/C54H40N6/c1-5-16-39(17-6-1)45-26-14-27-46(40-18-7-2-8-19-40)53(45)59-37-57(51-35-55-32-30-49(51)59)43-24-13-25-44(34-43)58-38-60(50-31-33-56-36-52(50)58)54-47(41-20-9-3-10-21-41)28-15-29-48(54)42-22-11-4-12-23-42/h1-36H,37-38H2. The second-order valence-corrected chi connectivity index (χ2v) is 15.1. The summed E-state index contributed by atoms with van der Waals surface area (Å²) < 4.78 is 0. The van der Waals surface area contributed by atoms with Crippen molar-refractivity contribution in [1.29, 1.82) is 0 Å². The fraction of sp³-hybridized carbons (Fsp3) is 0.0370. The molecule has 286 valence electrons. The Morgan fingerprint density at radius 2 is 0.633 bits per heavy atom. The Morgan fingerprint density at radius 1 is 0.300 bits per heavy atom. The third-order valence-corrected chi connectivity index (χ3v) is 11.7. The van der Waals surface area contributed by atoms with Crippen LogP contribution in [-0.4, -0.2) is 23.3 Å². The van der Waals surface area contributed by atoms with Crippen LogP contribution in [0.15, 0.2) is 219 Å². The van der Waals surface area contributed by atoms with Gasteiger partial charge in [-0.15, -0.1) is 0 Å². The van der Waals surface area contributed by atoms with Crippen LogP contribution in [0.2, 0.25) is 0 Å². The Balaban J connectivity index is 1.01. The van der Waals surface area contributed by atoms with Crippen molar-refractivity contribution in [3.05, 3.63) is 219 Å². The molecule has 6 nitrogen and oxygen atoms in total. The van der Waals surface area contributed by atoms with Gasteiger partial charge in [0, 0.05) is 46.0 Å². The summed E-state index contributed by atoms with van der Waals surface area (Å²) >= 11 is 0. The van der Waals surface area contributed by atoms with E-state index in [4.69, 9.17) is 0 Å². The second kappa shape index (κ2) is 15.1. The minimum absolute atomic E-state index is 0.614. The maximum Gasteiger partial charge on any atom is 0.100 e. The molecule has 0 N–H and O–H groups in total. The summed E-state index contributed by atoms with van der Waals surface area (Å²) in [7, 11) is 0. The first kappa shape index (κ1) is 35.2. The number of nitrogens with zero attached hydrogens (tertiary/aromatic N) is 6. The summed E-state index contributed by atoms with van der Waals surface area (Å²) in [5.41, 5.74) is 18.3. The van der Waals surface area contributed by atoms with Gasteiger partial charge < -0.3 is 19.6 Å². The minimum atomic E-state index is 0.614. The van der Waals surface area contributed by atoms with Gasteiger partial charge in [0.05, 0.1) is 46.5 Å². The summed E-state index contributed by atoms with van der Waals surface area (Å²) in [6.45, 7) is 1.23. The van der Waals surface area contributed by atoms with Crippen LogP contribution in [-0.2, 0) is 0 Å². The normalized spacial score (nSPS) is 13.1. The predicted molar refractivity (Wildman–Crippen MR) is 248 cm³/mol. The van der Waals surface area contributed by atoms with Gasteiger partial charge in [0.2, 0.25) is 0 Å². The molecule has 0 radical (unpaired) electrons. The smallest absolute Gasteiger partial charge is 0.100 e. The molecule has 0 spiro atoms. The van der Waals surface area contributed by atoms with E-state index in [9.17, 15) is 0 Å².